The molecule has 1 amide bonds. The number of H-pyrrole nitrogens is 1. The number of rotatable bonds is 2. The second kappa shape index (κ2) is 4.77. The van der Waals surface area contributed by atoms with Crippen molar-refractivity contribution in [3.05, 3.63) is 39.7 Å². The molecule has 4 N–H and O–H groups in total. The molecule has 2 aromatic rings. The summed E-state index contributed by atoms with van der Waals surface area (Å²) in [5.41, 5.74) is 6.91. The molecule has 0 unspecified atom stereocenters. The van der Waals surface area contributed by atoms with Gasteiger partial charge in [0.2, 0.25) is 0 Å². The number of nitrogen functional groups attached to an aromatic ring is 1. The fourth-order valence-electron chi connectivity index (χ4n) is 1.45. The van der Waals surface area contributed by atoms with Gasteiger partial charge in [0.1, 0.15) is 17.2 Å². The number of carbonyl (C=O) groups excluding carboxylic acids is 1. The normalized spacial score (nSPS) is 10.4. The fraction of sp³-hybridized carbons (Fsp3) is 0.0909. The molecule has 0 aliphatic rings. The molecule has 0 spiro atoms. The molecule has 94 valence electrons. The minimum Gasteiger partial charge on any atom is -0.383 e. The summed E-state index contributed by atoms with van der Waals surface area (Å²) in [6.45, 7) is 1.70. The SMILES string of the molecule is Cc1cc(F)c(Br)cc1NC(=O)c1cn[nH]c1N. The summed E-state index contributed by atoms with van der Waals surface area (Å²) in [5, 5.41) is 8.77. The minimum absolute atomic E-state index is 0.186. The van der Waals surface area contributed by atoms with E-state index in [4.69, 9.17) is 5.73 Å². The van der Waals surface area contributed by atoms with Crippen LogP contribution in [0.3, 0.4) is 0 Å². The largest absolute Gasteiger partial charge is 0.383 e. The first-order chi connectivity index (χ1) is 8.49. The van der Waals surface area contributed by atoms with E-state index in [1.807, 2.05) is 0 Å². The number of amides is 1. The number of nitrogens with one attached hydrogen (secondary N) is 2. The third-order valence-electron chi connectivity index (χ3n) is 2.43. The quantitative estimate of drug-likeness (QED) is 0.796. The van der Waals surface area contributed by atoms with E-state index >= 15 is 0 Å². The van der Waals surface area contributed by atoms with Gasteiger partial charge in [0.05, 0.1) is 10.7 Å². The zero-order chi connectivity index (χ0) is 13.3. The van der Waals surface area contributed by atoms with E-state index in [2.05, 4.69) is 31.4 Å². The lowest BCUT2D eigenvalue weighted by molar-refractivity contribution is 0.102. The minimum atomic E-state index is -0.400. The van der Waals surface area contributed by atoms with Crippen LogP contribution in [-0.2, 0) is 0 Å². The van der Waals surface area contributed by atoms with Crippen LogP contribution in [0, 0.1) is 12.7 Å². The Kier molecular flexibility index (Phi) is 3.33. The van der Waals surface area contributed by atoms with Crippen LogP contribution in [0.1, 0.15) is 15.9 Å². The molecule has 0 aliphatic carbocycles. The molecule has 18 heavy (non-hydrogen) atoms. The Bertz CT molecular complexity index is 611. The molecule has 5 nitrogen and oxygen atoms in total. The Morgan fingerprint density at radius 3 is 2.89 bits per heavy atom. The maximum Gasteiger partial charge on any atom is 0.261 e. The van der Waals surface area contributed by atoms with Gasteiger partial charge in [-0.15, -0.1) is 0 Å². The number of hydrogen-bond acceptors (Lipinski definition) is 3. The highest BCUT2D eigenvalue weighted by Crippen LogP contribution is 2.24. The maximum atomic E-state index is 13.2. The van der Waals surface area contributed by atoms with Gasteiger partial charge in [-0.25, -0.2) is 4.39 Å². The van der Waals surface area contributed by atoms with Crippen molar-refractivity contribution < 1.29 is 9.18 Å². The van der Waals surface area contributed by atoms with E-state index in [0.29, 0.717) is 11.3 Å². The van der Waals surface area contributed by atoms with Gasteiger partial charge in [-0.3, -0.25) is 9.89 Å². The predicted octanol–water partition coefficient (Wildman–Crippen LogP) is 2.45. The van der Waals surface area contributed by atoms with Gasteiger partial charge >= 0.3 is 0 Å². The van der Waals surface area contributed by atoms with Crippen LogP contribution in [0.15, 0.2) is 22.8 Å². The summed E-state index contributed by atoms with van der Waals surface area (Å²) in [7, 11) is 0. The number of aryl methyl sites for hydroxylation is 1. The molecule has 0 fully saturated rings. The number of anilines is 2. The van der Waals surface area contributed by atoms with Gasteiger partial charge in [0.25, 0.3) is 5.91 Å². The van der Waals surface area contributed by atoms with E-state index in [1.165, 1.54) is 18.3 Å². The number of aromatic amines is 1. The Morgan fingerprint density at radius 2 is 2.28 bits per heavy atom. The zero-order valence-corrected chi connectivity index (χ0v) is 11.0. The van der Waals surface area contributed by atoms with Crippen molar-refractivity contribution in [3.8, 4) is 0 Å². The average Bonchev–Trinajstić information content (AvgIpc) is 2.72. The van der Waals surface area contributed by atoms with Crippen LogP contribution in [0.25, 0.3) is 0 Å². The zero-order valence-electron chi connectivity index (χ0n) is 9.42. The number of carbonyl (C=O) groups is 1. The highest BCUT2D eigenvalue weighted by atomic mass is 79.9. The third kappa shape index (κ3) is 2.35. The fourth-order valence-corrected chi connectivity index (χ4v) is 1.79. The molecule has 0 saturated carbocycles. The molecule has 2 rings (SSSR count). The van der Waals surface area contributed by atoms with Gasteiger partial charge in [-0.05, 0) is 40.5 Å². The number of halogens is 2. The molecule has 0 bridgehead atoms. The van der Waals surface area contributed by atoms with Crippen molar-refractivity contribution in [2.45, 2.75) is 6.92 Å². The molecule has 7 heteroatoms. The second-order valence-corrected chi connectivity index (χ2v) is 4.59. The van der Waals surface area contributed by atoms with Crippen LogP contribution >= 0.6 is 15.9 Å². The number of nitrogens with zero attached hydrogens (tertiary/aromatic N) is 1. The van der Waals surface area contributed by atoms with E-state index < -0.39 is 5.91 Å². The van der Waals surface area contributed by atoms with Crippen LogP contribution in [-0.4, -0.2) is 16.1 Å². The van der Waals surface area contributed by atoms with Crippen LogP contribution in [0.4, 0.5) is 15.9 Å². The molecule has 1 heterocycles. The van der Waals surface area contributed by atoms with Crippen molar-refractivity contribution >= 4 is 33.3 Å². The molecule has 1 aromatic carbocycles. The lowest BCUT2D eigenvalue weighted by Crippen LogP contribution is -2.14. The Hall–Kier alpha value is -1.89. The van der Waals surface area contributed by atoms with Crippen LogP contribution in [0.2, 0.25) is 0 Å². The van der Waals surface area contributed by atoms with Crippen molar-refractivity contribution in [2.75, 3.05) is 11.1 Å². The van der Waals surface area contributed by atoms with Gasteiger partial charge < -0.3 is 11.1 Å². The van der Waals surface area contributed by atoms with Crippen molar-refractivity contribution in [3.63, 3.8) is 0 Å². The van der Waals surface area contributed by atoms with Crippen molar-refractivity contribution in [1.82, 2.24) is 10.2 Å². The predicted molar refractivity (Wildman–Crippen MR) is 69.8 cm³/mol. The lowest BCUT2D eigenvalue weighted by Gasteiger charge is -2.09. The molecule has 0 atom stereocenters. The summed E-state index contributed by atoms with van der Waals surface area (Å²) in [5.74, 6) is -0.595. The number of benzene rings is 1. The summed E-state index contributed by atoms with van der Waals surface area (Å²) >= 11 is 3.06. The smallest absolute Gasteiger partial charge is 0.261 e. The monoisotopic (exact) mass is 312 g/mol. The highest BCUT2D eigenvalue weighted by molar-refractivity contribution is 9.10. The number of nitrogens with two attached hydrogens (primary N) is 1. The molecule has 0 aliphatic heterocycles. The van der Waals surface area contributed by atoms with E-state index in [1.54, 1.807) is 6.92 Å². The lowest BCUT2D eigenvalue weighted by atomic mass is 10.2. The Morgan fingerprint density at radius 1 is 1.56 bits per heavy atom. The molecular weight excluding hydrogens is 303 g/mol. The third-order valence-corrected chi connectivity index (χ3v) is 3.04. The van der Waals surface area contributed by atoms with E-state index in [-0.39, 0.29) is 21.7 Å². The molecule has 0 radical (unpaired) electrons. The van der Waals surface area contributed by atoms with E-state index in [0.717, 1.165) is 0 Å². The number of hydrogen-bond donors (Lipinski definition) is 3. The maximum absolute atomic E-state index is 13.2. The summed E-state index contributed by atoms with van der Waals surface area (Å²) in [6.07, 6.45) is 1.33. The average molecular weight is 313 g/mol. The number of aromatic nitrogens is 2. The Balaban J connectivity index is 2.28. The highest BCUT2D eigenvalue weighted by Gasteiger charge is 2.14. The first-order valence-electron chi connectivity index (χ1n) is 5.05. The molecule has 0 saturated heterocycles. The summed E-state index contributed by atoms with van der Waals surface area (Å²) < 4.78 is 13.5. The standard InChI is InChI=1S/C11H10BrFN4O/c1-5-2-8(13)7(12)3-9(5)16-11(18)6-4-15-17-10(6)14/h2-4H,1H3,(H,16,18)(H3,14,15,17). The molecular formula is C11H10BrFN4O. The summed E-state index contributed by atoms with van der Waals surface area (Å²) in [6, 6.07) is 2.83. The van der Waals surface area contributed by atoms with E-state index in [9.17, 15) is 9.18 Å². The van der Waals surface area contributed by atoms with Crippen LogP contribution < -0.4 is 11.1 Å². The van der Waals surface area contributed by atoms with Crippen molar-refractivity contribution in [1.29, 1.82) is 0 Å². The topological polar surface area (TPSA) is 83.8 Å². The summed E-state index contributed by atoms with van der Waals surface area (Å²) in [4.78, 5) is 11.9. The van der Waals surface area contributed by atoms with Gasteiger partial charge in [-0.1, -0.05) is 0 Å². The van der Waals surface area contributed by atoms with Crippen molar-refractivity contribution in [2.24, 2.45) is 0 Å². The molecule has 1 aromatic heterocycles. The van der Waals surface area contributed by atoms with Gasteiger partial charge in [0, 0.05) is 5.69 Å². The second-order valence-electron chi connectivity index (χ2n) is 3.73. The van der Waals surface area contributed by atoms with Crippen LogP contribution in [0.5, 0.6) is 0 Å². The van der Waals surface area contributed by atoms with Gasteiger partial charge in [0.15, 0.2) is 0 Å². The Labute approximate surface area is 111 Å². The first-order valence-corrected chi connectivity index (χ1v) is 5.84. The van der Waals surface area contributed by atoms with Gasteiger partial charge in [-0.2, -0.15) is 5.10 Å². The first kappa shape index (κ1) is 12.6.